The van der Waals surface area contributed by atoms with Gasteiger partial charge in [0, 0.05) is 0 Å². The van der Waals surface area contributed by atoms with E-state index in [1.807, 2.05) is 0 Å². The minimum absolute atomic E-state index is 0.367. The van der Waals surface area contributed by atoms with Crippen LogP contribution in [-0.2, 0) is 12.6 Å². The standard InChI is InChI=1S/C10H10F3/c1-3-8-7(2)5-4-6-9(8)10(11,12)13/h5-6H,3H2,1-2H3. The van der Waals surface area contributed by atoms with Crippen LogP contribution in [0.3, 0.4) is 0 Å². The first-order chi connectivity index (χ1) is 5.96. The lowest BCUT2D eigenvalue weighted by molar-refractivity contribution is -0.138. The van der Waals surface area contributed by atoms with Crippen molar-refractivity contribution in [2.75, 3.05) is 0 Å². The van der Waals surface area contributed by atoms with Crippen molar-refractivity contribution in [1.29, 1.82) is 0 Å². The van der Waals surface area contributed by atoms with Gasteiger partial charge in [0.05, 0.1) is 5.56 Å². The monoisotopic (exact) mass is 187 g/mol. The molecule has 71 valence electrons. The molecular weight excluding hydrogens is 177 g/mol. The first-order valence-electron chi connectivity index (χ1n) is 4.03. The fourth-order valence-corrected chi connectivity index (χ4v) is 1.36. The molecule has 0 aliphatic heterocycles. The average molecular weight is 187 g/mol. The lowest BCUT2D eigenvalue weighted by Gasteiger charge is -2.13. The fraction of sp³-hybridized carbons (Fsp3) is 0.400. The van der Waals surface area contributed by atoms with Crippen LogP contribution in [0.15, 0.2) is 12.1 Å². The zero-order valence-electron chi connectivity index (χ0n) is 7.50. The maximum absolute atomic E-state index is 12.4. The molecule has 3 heteroatoms. The largest absolute Gasteiger partial charge is 0.416 e. The molecule has 0 saturated carbocycles. The van der Waals surface area contributed by atoms with Gasteiger partial charge in [-0.2, -0.15) is 13.2 Å². The second-order valence-corrected chi connectivity index (χ2v) is 2.88. The molecule has 0 fully saturated rings. The molecule has 1 rings (SSSR count). The summed E-state index contributed by atoms with van der Waals surface area (Å²) in [6.45, 7) is 3.39. The molecule has 1 aromatic carbocycles. The second-order valence-electron chi connectivity index (χ2n) is 2.88. The number of hydrogen-bond donors (Lipinski definition) is 0. The normalized spacial score (nSPS) is 11.8. The van der Waals surface area contributed by atoms with Crippen LogP contribution in [0.4, 0.5) is 13.2 Å². The fourth-order valence-electron chi connectivity index (χ4n) is 1.36. The van der Waals surface area contributed by atoms with Crippen LogP contribution >= 0.6 is 0 Å². The quantitative estimate of drug-likeness (QED) is 0.632. The molecule has 13 heavy (non-hydrogen) atoms. The van der Waals surface area contributed by atoms with Crippen molar-refractivity contribution >= 4 is 0 Å². The van der Waals surface area contributed by atoms with E-state index in [0.29, 0.717) is 17.5 Å². The third-order valence-corrected chi connectivity index (χ3v) is 1.99. The van der Waals surface area contributed by atoms with E-state index in [-0.39, 0.29) is 0 Å². The Hall–Kier alpha value is -0.990. The zero-order valence-corrected chi connectivity index (χ0v) is 7.50. The number of halogens is 3. The summed E-state index contributed by atoms with van der Waals surface area (Å²) in [7, 11) is 0. The molecule has 0 nitrogen and oxygen atoms in total. The summed E-state index contributed by atoms with van der Waals surface area (Å²) in [6, 6.07) is 5.07. The Morgan fingerprint density at radius 2 is 1.92 bits per heavy atom. The van der Waals surface area contributed by atoms with Crippen molar-refractivity contribution in [2.45, 2.75) is 26.4 Å². The van der Waals surface area contributed by atoms with Crippen molar-refractivity contribution < 1.29 is 13.2 Å². The van der Waals surface area contributed by atoms with E-state index < -0.39 is 11.7 Å². The highest BCUT2D eigenvalue weighted by atomic mass is 19.4. The van der Waals surface area contributed by atoms with E-state index in [4.69, 9.17) is 0 Å². The van der Waals surface area contributed by atoms with Crippen LogP contribution in [0, 0.1) is 13.0 Å². The van der Waals surface area contributed by atoms with Gasteiger partial charge in [0.15, 0.2) is 0 Å². The molecule has 0 heterocycles. The highest BCUT2D eigenvalue weighted by Gasteiger charge is 2.32. The maximum atomic E-state index is 12.4. The van der Waals surface area contributed by atoms with E-state index in [2.05, 4.69) is 6.07 Å². The first kappa shape index (κ1) is 10.1. The molecule has 0 aliphatic carbocycles. The van der Waals surface area contributed by atoms with Crippen LogP contribution in [-0.4, -0.2) is 0 Å². The maximum Gasteiger partial charge on any atom is 0.416 e. The molecule has 0 bridgehead atoms. The molecule has 0 aliphatic rings. The third kappa shape index (κ3) is 2.02. The van der Waals surface area contributed by atoms with E-state index in [1.165, 1.54) is 0 Å². The highest BCUT2D eigenvalue weighted by Crippen LogP contribution is 2.33. The van der Waals surface area contributed by atoms with Crippen molar-refractivity contribution in [1.82, 2.24) is 0 Å². The van der Waals surface area contributed by atoms with Gasteiger partial charge in [-0.05, 0) is 36.6 Å². The van der Waals surface area contributed by atoms with Gasteiger partial charge in [-0.25, -0.2) is 0 Å². The van der Waals surface area contributed by atoms with Gasteiger partial charge in [0.25, 0.3) is 0 Å². The Kier molecular flexibility index (Phi) is 2.64. The van der Waals surface area contributed by atoms with Crippen LogP contribution in [0.25, 0.3) is 0 Å². The summed E-state index contributed by atoms with van der Waals surface area (Å²) in [4.78, 5) is 0. The molecule has 0 saturated heterocycles. The number of rotatable bonds is 1. The highest BCUT2D eigenvalue weighted by molar-refractivity contribution is 5.35. The summed E-state index contributed by atoms with van der Waals surface area (Å²) in [5.41, 5.74) is 0.457. The summed E-state index contributed by atoms with van der Waals surface area (Å²) in [5.74, 6) is 0. The average Bonchev–Trinajstić information content (AvgIpc) is 2.02. The molecule has 0 N–H and O–H groups in total. The Morgan fingerprint density at radius 3 is 2.31 bits per heavy atom. The summed E-state index contributed by atoms with van der Waals surface area (Å²) in [5, 5.41) is 0. The summed E-state index contributed by atoms with van der Waals surface area (Å²) in [6.07, 6.45) is -3.86. The van der Waals surface area contributed by atoms with Crippen molar-refractivity contribution in [3.05, 3.63) is 34.9 Å². The molecule has 1 radical (unpaired) electrons. The molecule has 0 amide bonds. The first-order valence-corrected chi connectivity index (χ1v) is 4.03. The lowest BCUT2D eigenvalue weighted by Crippen LogP contribution is -2.09. The smallest absolute Gasteiger partial charge is 0.166 e. The van der Waals surface area contributed by atoms with Gasteiger partial charge in [-0.15, -0.1) is 0 Å². The van der Waals surface area contributed by atoms with E-state index >= 15 is 0 Å². The minimum atomic E-state index is -4.26. The second kappa shape index (κ2) is 3.40. The Balaban J connectivity index is 3.29. The SMILES string of the molecule is CCc1c(C)c[c]cc1C(F)(F)F. The third-order valence-electron chi connectivity index (χ3n) is 1.99. The molecule has 0 spiro atoms. The Morgan fingerprint density at radius 1 is 1.31 bits per heavy atom. The number of hydrogen-bond acceptors (Lipinski definition) is 0. The van der Waals surface area contributed by atoms with Gasteiger partial charge in [0.1, 0.15) is 0 Å². The Labute approximate surface area is 75.4 Å². The number of aryl methyl sites for hydroxylation is 1. The van der Waals surface area contributed by atoms with Gasteiger partial charge in [-0.1, -0.05) is 13.0 Å². The predicted molar refractivity (Wildman–Crippen MR) is 44.4 cm³/mol. The summed E-state index contributed by atoms with van der Waals surface area (Å²) < 4.78 is 37.2. The van der Waals surface area contributed by atoms with E-state index in [1.54, 1.807) is 19.9 Å². The van der Waals surface area contributed by atoms with Gasteiger partial charge >= 0.3 is 6.18 Å². The Bertz CT molecular complexity index is 300. The topological polar surface area (TPSA) is 0 Å². The predicted octanol–water partition coefficient (Wildman–Crippen LogP) is 3.38. The molecule has 0 atom stereocenters. The van der Waals surface area contributed by atoms with Crippen LogP contribution in [0.5, 0.6) is 0 Å². The lowest BCUT2D eigenvalue weighted by atomic mass is 9.99. The van der Waals surface area contributed by atoms with E-state index in [9.17, 15) is 13.2 Å². The van der Waals surface area contributed by atoms with Crippen molar-refractivity contribution in [2.24, 2.45) is 0 Å². The minimum Gasteiger partial charge on any atom is -0.166 e. The molecular formula is C10H10F3. The van der Waals surface area contributed by atoms with Gasteiger partial charge < -0.3 is 0 Å². The molecule has 1 aromatic rings. The van der Waals surface area contributed by atoms with E-state index in [0.717, 1.165) is 6.07 Å². The van der Waals surface area contributed by atoms with Crippen LogP contribution in [0.2, 0.25) is 0 Å². The zero-order chi connectivity index (χ0) is 10.1. The number of benzene rings is 1. The van der Waals surface area contributed by atoms with Crippen molar-refractivity contribution in [3.63, 3.8) is 0 Å². The van der Waals surface area contributed by atoms with Crippen molar-refractivity contribution in [3.8, 4) is 0 Å². The van der Waals surface area contributed by atoms with Crippen LogP contribution < -0.4 is 0 Å². The van der Waals surface area contributed by atoms with Gasteiger partial charge in [0.2, 0.25) is 0 Å². The number of alkyl halides is 3. The molecule has 0 aromatic heterocycles. The molecule has 0 unspecified atom stereocenters. The van der Waals surface area contributed by atoms with Crippen LogP contribution in [0.1, 0.15) is 23.6 Å². The summed E-state index contributed by atoms with van der Waals surface area (Å²) >= 11 is 0. The van der Waals surface area contributed by atoms with Gasteiger partial charge in [-0.3, -0.25) is 0 Å².